The number of nitrogens with one attached hydrogen (secondary N) is 1. The van der Waals surface area contributed by atoms with Crippen LogP contribution >= 0.6 is 0 Å². The summed E-state index contributed by atoms with van der Waals surface area (Å²) in [6, 6.07) is 22.2. The molecule has 0 atom stereocenters. The van der Waals surface area contributed by atoms with Gasteiger partial charge < -0.3 is 0 Å². The van der Waals surface area contributed by atoms with Crippen molar-refractivity contribution in [2.75, 3.05) is 17.8 Å². The molecule has 1 heterocycles. The van der Waals surface area contributed by atoms with Crippen LogP contribution in [0.15, 0.2) is 88.7 Å². The second-order valence-corrected chi connectivity index (χ2v) is 10.8. The Kier molecular flexibility index (Phi) is 5.64. The molecule has 0 saturated carbocycles. The number of nitrogens with zero attached hydrogens (tertiary/aromatic N) is 1. The lowest BCUT2D eigenvalue weighted by molar-refractivity contribution is 0.477. The van der Waals surface area contributed by atoms with Gasteiger partial charge in [-0.1, -0.05) is 42.5 Å². The summed E-state index contributed by atoms with van der Waals surface area (Å²) < 4.78 is 54.6. The quantitative estimate of drug-likeness (QED) is 0.627. The zero-order chi connectivity index (χ0) is 21.2. The van der Waals surface area contributed by atoms with E-state index in [9.17, 15) is 16.8 Å². The Bertz CT molecular complexity index is 1220. The van der Waals surface area contributed by atoms with E-state index in [4.69, 9.17) is 0 Å². The van der Waals surface area contributed by atoms with E-state index in [0.29, 0.717) is 18.8 Å². The molecule has 4 rings (SSSR count). The molecular formula is C22H22N2O4S2. The fraction of sp³-hybridized carbons (Fsp3) is 0.182. The third-order valence-electron chi connectivity index (χ3n) is 5.08. The van der Waals surface area contributed by atoms with Gasteiger partial charge >= 0.3 is 0 Å². The first kappa shape index (κ1) is 20.6. The van der Waals surface area contributed by atoms with E-state index in [0.717, 1.165) is 24.0 Å². The third-order valence-corrected chi connectivity index (χ3v) is 8.39. The van der Waals surface area contributed by atoms with Crippen molar-refractivity contribution in [3.63, 3.8) is 0 Å². The van der Waals surface area contributed by atoms with Gasteiger partial charge in [-0.05, 0) is 60.4 Å². The van der Waals surface area contributed by atoms with Crippen molar-refractivity contribution < 1.29 is 16.8 Å². The molecule has 30 heavy (non-hydrogen) atoms. The maximum absolute atomic E-state index is 12.7. The summed E-state index contributed by atoms with van der Waals surface area (Å²) in [7, 11) is -7.40. The minimum atomic E-state index is -3.83. The zero-order valence-electron chi connectivity index (χ0n) is 16.2. The van der Waals surface area contributed by atoms with Crippen LogP contribution in [-0.2, 0) is 20.0 Å². The summed E-state index contributed by atoms with van der Waals surface area (Å²) in [5.74, 6) is 0. The molecule has 0 aliphatic carbocycles. The number of rotatable bonds is 6. The number of hydrogen-bond acceptors (Lipinski definition) is 4. The molecule has 6 nitrogen and oxygen atoms in total. The lowest BCUT2D eigenvalue weighted by Crippen LogP contribution is -2.27. The monoisotopic (exact) mass is 442 g/mol. The summed E-state index contributed by atoms with van der Waals surface area (Å²) in [6.45, 7) is 1.01. The number of hydrogen-bond donors (Lipinski definition) is 1. The Morgan fingerprint density at radius 3 is 1.77 bits per heavy atom. The third kappa shape index (κ3) is 4.26. The van der Waals surface area contributed by atoms with E-state index in [1.165, 1.54) is 28.6 Å². The van der Waals surface area contributed by atoms with Gasteiger partial charge in [0.15, 0.2) is 0 Å². The van der Waals surface area contributed by atoms with Crippen LogP contribution in [0.3, 0.4) is 0 Å². The fourth-order valence-electron chi connectivity index (χ4n) is 3.44. The van der Waals surface area contributed by atoms with Gasteiger partial charge in [-0.2, -0.15) is 4.31 Å². The fourth-order valence-corrected chi connectivity index (χ4v) is 6.02. The Balaban J connectivity index is 1.51. The van der Waals surface area contributed by atoms with Crippen LogP contribution in [0.1, 0.15) is 12.8 Å². The van der Waals surface area contributed by atoms with Crippen molar-refractivity contribution in [2.45, 2.75) is 22.6 Å². The first-order valence-electron chi connectivity index (χ1n) is 9.65. The highest BCUT2D eigenvalue weighted by Crippen LogP contribution is 2.25. The molecule has 0 unspecified atom stereocenters. The van der Waals surface area contributed by atoms with Crippen LogP contribution in [0.4, 0.5) is 5.69 Å². The molecule has 0 radical (unpaired) electrons. The predicted molar refractivity (Wildman–Crippen MR) is 117 cm³/mol. The number of anilines is 1. The highest BCUT2D eigenvalue weighted by molar-refractivity contribution is 7.92. The Labute approximate surface area is 177 Å². The molecule has 1 fully saturated rings. The Morgan fingerprint density at radius 2 is 1.17 bits per heavy atom. The molecule has 0 aromatic heterocycles. The maximum atomic E-state index is 12.7. The second-order valence-electron chi connectivity index (χ2n) is 7.13. The van der Waals surface area contributed by atoms with Crippen molar-refractivity contribution in [1.29, 1.82) is 0 Å². The molecule has 0 amide bonds. The maximum Gasteiger partial charge on any atom is 0.261 e. The van der Waals surface area contributed by atoms with Crippen molar-refractivity contribution in [1.82, 2.24) is 4.31 Å². The van der Waals surface area contributed by atoms with E-state index in [2.05, 4.69) is 4.72 Å². The first-order chi connectivity index (χ1) is 14.4. The SMILES string of the molecule is O=S(=O)(Nc1ccc(-c2ccccc2)cc1)c1ccc(S(=O)(=O)N2CCCC2)cc1. The minimum absolute atomic E-state index is 0.00927. The summed E-state index contributed by atoms with van der Waals surface area (Å²) >= 11 is 0. The molecule has 1 N–H and O–H groups in total. The summed E-state index contributed by atoms with van der Waals surface area (Å²) in [4.78, 5) is 0.116. The van der Waals surface area contributed by atoms with E-state index in [1.54, 1.807) is 12.1 Å². The largest absolute Gasteiger partial charge is 0.280 e. The van der Waals surface area contributed by atoms with Crippen LogP contribution < -0.4 is 4.72 Å². The molecule has 1 aliphatic heterocycles. The summed E-state index contributed by atoms with van der Waals surface area (Å²) in [5.41, 5.74) is 2.46. The molecule has 0 spiro atoms. The topological polar surface area (TPSA) is 83.5 Å². The molecule has 1 saturated heterocycles. The molecule has 1 aliphatic rings. The second kappa shape index (κ2) is 8.22. The first-order valence-corrected chi connectivity index (χ1v) is 12.6. The van der Waals surface area contributed by atoms with Crippen LogP contribution in [0.25, 0.3) is 11.1 Å². The van der Waals surface area contributed by atoms with Gasteiger partial charge in [0.05, 0.1) is 9.79 Å². The van der Waals surface area contributed by atoms with E-state index in [-0.39, 0.29) is 9.79 Å². The Morgan fingerprint density at radius 1 is 0.633 bits per heavy atom. The van der Waals surface area contributed by atoms with Crippen molar-refractivity contribution in [3.8, 4) is 11.1 Å². The van der Waals surface area contributed by atoms with Crippen LogP contribution in [-0.4, -0.2) is 34.2 Å². The van der Waals surface area contributed by atoms with Gasteiger partial charge in [0.25, 0.3) is 10.0 Å². The highest BCUT2D eigenvalue weighted by Gasteiger charge is 2.27. The average Bonchev–Trinajstić information content (AvgIpc) is 3.31. The zero-order valence-corrected chi connectivity index (χ0v) is 17.9. The molecule has 0 bridgehead atoms. The van der Waals surface area contributed by atoms with Crippen LogP contribution in [0.5, 0.6) is 0 Å². The number of sulfonamides is 2. The van der Waals surface area contributed by atoms with Gasteiger partial charge in [0, 0.05) is 18.8 Å². The number of benzene rings is 3. The lowest BCUT2D eigenvalue weighted by Gasteiger charge is -2.15. The average molecular weight is 443 g/mol. The van der Waals surface area contributed by atoms with Crippen LogP contribution in [0.2, 0.25) is 0 Å². The summed E-state index contributed by atoms with van der Waals surface area (Å²) in [5, 5.41) is 0. The van der Waals surface area contributed by atoms with Gasteiger partial charge in [0.1, 0.15) is 0 Å². The van der Waals surface area contributed by atoms with E-state index in [1.807, 2.05) is 42.5 Å². The molecule has 3 aromatic carbocycles. The lowest BCUT2D eigenvalue weighted by atomic mass is 10.1. The predicted octanol–water partition coefficient (Wildman–Crippen LogP) is 3.94. The summed E-state index contributed by atoms with van der Waals surface area (Å²) in [6.07, 6.45) is 1.69. The van der Waals surface area contributed by atoms with Crippen molar-refractivity contribution in [3.05, 3.63) is 78.9 Å². The van der Waals surface area contributed by atoms with E-state index >= 15 is 0 Å². The molecule has 3 aromatic rings. The van der Waals surface area contributed by atoms with Crippen molar-refractivity contribution in [2.24, 2.45) is 0 Å². The van der Waals surface area contributed by atoms with Gasteiger partial charge in [-0.25, -0.2) is 16.8 Å². The standard InChI is InChI=1S/C22H22N2O4S2/c25-29(26,23-20-10-8-19(9-11-20)18-6-2-1-3-7-18)21-12-14-22(15-13-21)30(27,28)24-16-4-5-17-24/h1-3,6-15,23H,4-5,16-17H2. The van der Waals surface area contributed by atoms with E-state index < -0.39 is 20.0 Å². The highest BCUT2D eigenvalue weighted by atomic mass is 32.2. The van der Waals surface area contributed by atoms with Gasteiger partial charge in [0.2, 0.25) is 10.0 Å². The Hall–Kier alpha value is -2.68. The molecule has 8 heteroatoms. The van der Waals surface area contributed by atoms with Crippen molar-refractivity contribution >= 4 is 25.7 Å². The van der Waals surface area contributed by atoms with Crippen LogP contribution in [0, 0.1) is 0 Å². The molecule has 156 valence electrons. The van der Waals surface area contributed by atoms with Gasteiger partial charge in [-0.3, -0.25) is 4.72 Å². The van der Waals surface area contributed by atoms with Gasteiger partial charge in [-0.15, -0.1) is 0 Å². The smallest absolute Gasteiger partial charge is 0.261 e. The minimum Gasteiger partial charge on any atom is -0.280 e. The molecular weight excluding hydrogens is 420 g/mol. The normalized spacial score (nSPS) is 15.2.